The number of carbonyl (C=O) groups excluding carboxylic acids is 1. The number of ether oxygens (including phenoxy) is 1. The Morgan fingerprint density at radius 2 is 2.00 bits per heavy atom. The van der Waals surface area contributed by atoms with Crippen molar-refractivity contribution in [3.05, 3.63) is 35.9 Å². The number of hydrogen-bond acceptors (Lipinski definition) is 5. The molecular weight excluding hydrogens is 244 g/mol. The highest BCUT2D eigenvalue weighted by Gasteiger charge is 2.21. The third-order valence-corrected chi connectivity index (χ3v) is 2.70. The maximum atomic E-state index is 11.8. The minimum atomic E-state index is -0.553. The molecule has 0 radical (unpaired) electrons. The van der Waals surface area contributed by atoms with Crippen LogP contribution in [-0.4, -0.2) is 56.4 Å². The van der Waals surface area contributed by atoms with Crippen molar-refractivity contribution in [2.45, 2.75) is 12.1 Å². The fraction of sp³-hybridized carbons (Fsp3) is 0.500. The van der Waals surface area contributed by atoms with E-state index in [1.807, 2.05) is 49.3 Å². The van der Waals surface area contributed by atoms with Gasteiger partial charge in [-0.1, -0.05) is 30.3 Å². The highest BCUT2D eigenvalue weighted by atomic mass is 16.5. The first kappa shape index (κ1) is 15.6. The Labute approximate surface area is 114 Å². The normalized spacial score (nSPS) is 14.2. The van der Waals surface area contributed by atoms with Crippen LogP contribution in [0.1, 0.15) is 11.6 Å². The first-order valence-electron chi connectivity index (χ1n) is 6.23. The number of nitrogens with one attached hydrogen (secondary N) is 1. The van der Waals surface area contributed by atoms with Crippen molar-refractivity contribution in [2.75, 3.05) is 34.3 Å². The van der Waals surface area contributed by atoms with Gasteiger partial charge in [-0.05, 0) is 19.7 Å². The lowest BCUT2D eigenvalue weighted by Gasteiger charge is -2.21. The zero-order chi connectivity index (χ0) is 14.3. The van der Waals surface area contributed by atoms with Crippen molar-refractivity contribution in [3.63, 3.8) is 0 Å². The number of aliphatic hydroxyl groups excluding tert-OH is 1. The second-order valence-electron chi connectivity index (χ2n) is 4.69. The van der Waals surface area contributed by atoms with E-state index in [2.05, 4.69) is 5.32 Å². The van der Waals surface area contributed by atoms with Gasteiger partial charge in [0.15, 0.2) is 0 Å². The molecule has 1 aromatic rings. The van der Waals surface area contributed by atoms with Crippen LogP contribution in [0.25, 0.3) is 0 Å². The van der Waals surface area contributed by atoms with E-state index in [1.54, 1.807) is 0 Å². The molecule has 1 rings (SSSR count). The maximum absolute atomic E-state index is 11.8. The van der Waals surface area contributed by atoms with Crippen LogP contribution in [0.15, 0.2) is 30.3 Å². The molecule has 0 saturated heterocycles. The van der Waals surface area contributed by atoms with Crippen LogP contribution < -0.4 is 5.32 Å². The van der Waals surface area contributed by atoms with E-state index >= 15 is 0 Å². The Hall–Kier alpha value is -1.43. The molecule has 0 spiro atoms. The Morgan fingerprint density at radius 1 is 1.37 bits per heavy atom. The molecule has 19 heavy (non-hydrogen) atoms. The molecule has 0 heterocycles. The third-order valence-electron chi connectivity index (χ3n) is 2.70. The molecule has 2 atom stereocenters. The fourth-order valence-corrected chi connectivity index (χ4v) is 1.84. The van der Waals surface area contributed by atoms with E-state index in [-0.39, 0.29) is 5.97 Å². The third kappa shape index (κ3) is 5.38. The van der Waals surface area contributed by atoms with Crippen molar-refractivity contribution in [3.8, 4) is 0 Å². The Morgan fingerprint density at radius 3 is 2.53 bits per heavy atom. The van der Waals surface area contributed by atoms with Gasteiger partial charge < -0.3 is 14.7 Å². The topological polar surface area (TPSA) is 61.8 Å². The van der Waals surface area contributed by atoms with Crippen molar-refractivity contribution in [2.24, 2.45) is 0 Å². The van der Waals surface area contributed by atoms with Crippen LogP contribution in [0.3, 0.4) is 0 Å². The molecule has 0 aliphatic rings. The second kappa shape index (κ2) is 7.89. The highest BCUT2D eigenvalue weighted by Crippen LogP contribution is 2.13. The van der Waals surface area contributed by atoms with Crippen LogP contribution >= 0.6 is 0 Å². The minimum Gasteiger partial charge on any atom is -0.468 e. The highest BCUT2D eigenvalue weighted by molar-refractivity contribution is 5.77. The maximum Gasteiger partial charge on any atom is 0.327 e. The molecule has 0 amide bonds. The molecule has 2 N–H and O–H groups in total. The number of hydrogen-bond donors (Lipinski definition) is 2. The van der Waals surface area contributed by atoms with E-state index in [0.29, 0.717) is 13.1 Å². The Balaban J connectivity index is 2.64. The van der Waals surface area contributed by atoms with Gasteiger partial charge in [0.1, 0.15) is 6.04 Å². The number of methoxy groups -OCH3 is 1. The van der Waals surface area contributed by atoms with Crippen LogP contribution in [0, 0.1) is 0 Å². The lowest BCUT2D eigenvalue weighted by molar-refractivity contribution is -0.143. The summed E-state index contributed by atoms with van der Waals surface area (Å²) in [7, 11) is 5.13. The Bertz CT molecular complexity index is 382. The standard InChI is InChI=1S/C14H22N2O3/c1-16(2)10-12(17)9-15-13(14(18)19-3)11-7-5-4-6-8-11/h4-8,12-13,15,17H,9-10H2,1-3H3. The number of rotatable bonds is 7. The largest absolute Gasteiger partial charge is 0.468 e. The summed E-state index contributed by atoms with van der Waals surface area (Å²) in [6.45, 7) is 0.864. The lowest BCUT2D eigenvalue weighted by atomic mass is 10.1. The summed E-state index contributed by atoms with van der Waals surface area (Å²) in [5.41, 5.74) is 0.825. The van der Waals surface area contributed by atoms with Crippen LogP contribution in [-0.2, 0) is 9.53 Å². The quantitative estimate of drug-likeness (QED) is 0.700. The van der Waals surface area contributed by atoms with Crippen LogP contribution in [0.4, 0.5) is 0 Å². The summed E-state index contributed by atoms with van der Waals surface area (Å²) >= 11 is 0. The van der Waals surface area contributed by atoms with Gasteiger partial charge in [-0.25, -0.2) is 4.79 Å². The summed E-state index contributed by atoms with van der Waals surface area (Å²) in [5.74, 6) is -0.358. The van der Waals surface area contributed by atoms with E-state index in [0.717, 1.165) is 5.56 Å². The summed E-state index contributed by atoms with van der Waals surface area (Å²) < 4.78 is 4.79. The van der Waals surface area contributed by atoms with E-state index in [1.165, 1.54) is 7.11 Å². The number of aliphatic hydroxyl groups is 1. The summed E-state index contributed by atoms with van der Waals surface area (Å²) in [6, 6.07) is 8.77. The molecule has 1 aromatic carbocycles. The van der Waals surface area contributed by atoms with Gasteiger partial charge in [0.05, 0.1) is 13.2 Å². The number of carbonyl (C=O) groups is 1. The second-order valence-corrected chi connectivity index (χ2v) is 4.69. The van der Waals surface area contributed by atoms with Crippen molar-refractivity contribution in [1.82, 2.24) is 10.2 Å². The SMILES string of the molecule is COC(=O)C(NCC(O)CN(C)C)c1ccccc1. The molecule has 0 aliphatic carbocycles. The summed E-state index contributed by atoms with van der Waals surface area (Å²) in [4.78, 5) is 13.7. The van der Waals surface area contributed by atoms with E-state index in [9.17, 15) is 9.90 Å². The van der Waals surface area contributed by atoms with Gasteiger partial charge in [0.2, 0.25) is 0 Å². The molecule has 106 valence electrons. The molecule has 0 aliphatic heterocycles. The first-order valence-corrected chi connectivity index (χ1v) is 6.23. The van der Waals surface area contributed by atoms with Gasteiger partial charge >= 0.3 is 5.97 Å². The first-order chi connectivity index (χ1) is 9.04. The van der Waals surface area contributed by atoms with E-state index < -0.39 is 12.1 Å². The average molecular weight is 266 g/mol. The summed E-state index contributed by atoms with van der Waals surface area (Å²) in [5, 5.41) is 12.9. The van der Waals surface area contributed by atoms with Gasteiger partial charge in [-0.3, -0.25) is 5.32 Å². The zero-order valence-electron chi connectivity index (χ0n) is 11.7. The van der Waals surface area contributed by atoms with Crippen molar-refractivity contribution >= 4 is 5.97 Å². The number of esters is 1. The molecule has 0 fully saturated rings. The predicted octanol–water partition coefficient (Wildman–Crippen LogP) is 0.413. The average Bonchev–Trinajstić information content (AvgIpc) is 2.39. The number of benzene rings is 1. The van der Waals surface area contributed by atoms with Gasteiger partial charge in [0, 0.05) is 13.1 Å². The van der Waals surface area contributed by atoms with Crippen molar-refractivity contribution in [1.29, 1.82) is 0 Å². The van der Waals surface area contributed by atoms with Crippen molar-refractivity contribution < 1.29 is 14.6 Å². The molecule has 5 heteroatoms. The van der Waals surface area contributed by atoms with Gasteiger partial charge in [-0.15, -0.1) is 0 Å². The predicted molar refractivity (Wildman–Crippen MR) is 73.8 cm³/mol. The van der Waals surface area contributed by atoms with E-state index in [4.69, 9.17) is 4.74 Å². The fourth-order valence-electron chi connectivity index (χ4n) is 1.84. The Kier molecular flexibility index (Phi) is 6.49. The zero-order valence-corrected chi connectivity index (χ0v) is 11.7. The molecule has 0 bridgehead atoms. The number of likely N-dealkylation sites (N-methyl/N-ethyl adjacent to an activating group) is 1. The summed E-state index contributed by atoms with van der Waals surface area (Å²) in [6.07, 6.45) is -0.536. The van der Waals surface area contributed by atoms with Gasteiger partial charge in [0.25, 0.3) is 0 Å². The molecule has 0 aromatic heterocycles. The molecule has 0 saturated carbocycles. The molecule has 5 nitrogen and oxygen atoms in total. The monoisotopic (exact) mass is 266 g/mol. The minimum absolute atomic E-state index is 0.326. The molecule has 2 unspecified atom stereocenters. The number of nitrogens with zero attached hydrogens (tertiary/aromatic N) is 1. The smallest absolute Gasteiger partial charge is 0.327 e. The molecular formula is C14H22N2O3. The van der Waals surface area contributed by atoms with Crippen LogP contribution in [0.2, 0.25) is 0 Å². The van der Waals surface area contributed by atoms with Gasteiger partial charge in [-0.2, -0.15) is 0 Å². The van der Waals surface area contributed by atoms with Crippen LogP contribution in [0.5, 0.6) is 0 Å². The lowest BCUT2D eigenvalue weighted by Crippen LogP contribution is -2.39.